The molecule has 5 aliphatic rings. The lowest BCUT2D eigenvalue weighted by molar-refractivity contribution is -0.137. The van der Waals surface area contributed by atoms with E-state index in [1.807, 2.05) is 94.2 Å². The highest BCUT2D eigenvalue weighted by Crippen LogP contribution is 2.43. The smallest absolute Gasteiger partial charge is 0.369 e. The largest absolute Gasteiger partial charge is 0.416 e. The lowest BCUT2D eigenvalue weighted by atomic mass is 9.86. The van der Waals surface area contributed by atoms with Crippen molar-refractivity contribution in [1.82, 2.24) is 74.8 Å². The zero-order valence-electron chi connectivity index (χ0n) is 77.3. The van der Waals surface area contributed by atoms with Gasteiger partial charge in [0.25, 0.3) is 17.8 Å². The maximum atomic E-state index is 15.5. The molecule has 0 radical (unpaired) electrons. The SMILES string of the molecule is CC(F)(F)c1ccc(CN(c2ncnc(NCC3CCC(NS(=O)(=O)CC(F)(F)F)CC3)c2F)C2CC2)cc1.CC(F)(F)c1ccc(CN(c2ncnc(NCc3ccc(Cc4nn[nH]n4)cc3)c2F)C2CC2)cc1.Cc1ccc(CNc2ncnc(N(Cc3ccc(C(C)(F)F)cc3)C3CC3)c2F)cn1.NC(=O)Cc1ccc(Cn2ccc3c(N(Cc4ccc(C(F)(F)F)cc4)C4CC4)ncnc32)cc1. The molecule has 7 aromatic heterocycles. The Hall–Kier alpha value is -13.7. The Morgan fingerprint density at radius 1 is 0.440 bits per heavy atom. The third kappa shape index (κ3) is 28.8. The fourth-order valence-corrected chi connectivity index (χ4v) is 17.6. The van der Waals surface area contributed by atoms with Gasteiger partial charge in [-0.25, -0.2) is 79.4 Å². The number of alkyl halides is 12. The van der Waals surface area contributed by atoms with Crippen LogP contribution in [-0.2, 0) is 97.4 Å². The predicted molar refractivity (Wildman–Crippen MR) is 503 cm³/mol. The minimum absolute atomic E-state index is 0.0135. The van der Waals surface area contributed by atoms with E-state index < -0.39 is 75.0 Å². The van der Waals surface area contributed by atoms with Crippen LogP contribution in [0.5, 0.6) is 0 Å². The third-order valence-corrected chi connectivity index (χ3v) is 25.9. The van der Waals surface area contributed by atoms with Crippen LogP contribution in [0.25, 0.3) is 11.0 Å². The molecular weight excluding hydrogens is 1880 g/mol. The predicted octanol–water partition coefficient (Wildman–Crippen LogP) is 19.9. The molecule has 1 amide bonds. The molecule has 42 heteroatoms. The average Bonchev–Trinajstić information content (AvgIpc) is 1.62. The van der Waals surface area contributed by atoms with Crippen LogP contribution in [0, 0.1) is 30.3 Å². The van der Waals surface area contributed by atoms with Gasteiger partial charge in [0.15, 0.2) is 46.5 Å². The number of carbonyl (C=O) groups is 1. The van der Waals surface area contributed by atoms with Crippen molar-refractivity contribution in [3.63, 3.8) is 0 Å². The van der Waals surface area contributed by atoms with Gasteiger partial charge in [0, 0.05) is 145 Å². The molecule has 0 spiro atoms. The van der Waals surface area contributed by atoms with E-state index in [1.54, 1.807) is 47.5 Å². The Bertz CT molecular complexity index is 6440. The van der Waals surface area contributed by atoms with Gasteiger partial charge >= 0.3 is 12.4 Å². The molecule has 7 N–H and O–H groups in total. The molecule has 0 atom stereocenters. The lowest BCUT2D eigenvalue weighted by Gasteiger charge is -2.29. The first-order valence-electron chi connectivity index (χ1n) is 46.0. The summed E-state index contributed by atoms with van der Waals surface area (Å²) in [6.07, 6.45) is 10.1. The number of primary amides is 1. The summed E-state index contributed by atoms with van der Waals surface area (Å²) >= 11 is 0. The Morgan fingerprint density at radius 3 is 1.22 bits per heavy atom. The van der Waals surface area contributed by atoms with E-state index in [0.29, 0.717) is 96.3 Å². The number of hydrogen-bond donors (Lipinski definition) is 6. The second-order valence-corrected chi connectivity index (χ2v) is 38.0. The van der Waals surface area contributed by atoms with Gasteiger partial charge in [-0.15, -0.1) is 10.2 Å². The molecule has 6 aromatic carbocycles. The summed E-state index contributed by atoms with van der Waals surface area (Å²) in [6, 6.07) is 45.0. The highest BCUT2D eigenvalue weighted by atomic mass is 32.2. The fraction of sp³-hybridized carbons (Fsp3) is 0.384. The molecule has 0 saturated heterocycles. The molecule has 0 aliphatic heterocycles. The van der Waals surface area contributed by atoms with Crippen LogP contribution >= 0.6 is 0 Å². The quantitative estimate of drug-likeness (QED) is 0.0197. The van der Waals surface area contributed by atoms with Crippen molar-refractivity contribution < 1.29 is 79.1 Å². The molecule has 5 fully saturated rings. The summed E-state index contributed by atoms with van der Waals surface area (Å²) in [7, 11) is -4.46. The number of carbonyl (C=O) groups excluding carboxylic acids is 1. The second kappa shape index (κ2) is 44.0. The standard InChI is InChI=1S/C26H24F3N5O.C25H31F6N5O2S.C25H25F3N8.C23H24F3N5/c27-26(28,29)20-7-5-19(6-8-20)15-34(21-9-10-21)25-22-11-12-33(24(22)31-16-32-25)14-18-3-1-17(2-4-18)13-23(30)35;1-24(27,28)18-6-2-17(3-7-18)13-36(20-10-11-20)23-21(26)22(33-15-34-23)32-12-16-4-8-19(9-5-16)35-39(37,38)14-25(29,30)31;1-25(27,28)19-8-6-18(7-9-19)14-36(20-10-11-20)24-22(26)23(30-15-31-24)29-13-17-4-2-16(3-5-17)12-21-32-34-35-33-21;1-15-3-4-17(11-27-15)12-28-21-20(24)22(30-14-29-21)31(19-9-10-19)13-16-5-7-18(8-6-16)23(2,25)26/h1-8,11-12,16,21H,9-10,13-15H2,(H2,30,35);2-3,6-7,15-16,19-20,35H,4-5,8-14H2,1H3,(H,32,33,34);2-9,15,20H,10-14H2,1H3,(H,29,30,31)(H,32,33,34,35);3-8,11,14,19H,9-10,12-13H2,1-2H3,(H,28,29,30). The van der Waals surface area contributed by atoms with E-state index in [2.05, 4.69) is 91.1 Å². The van der Waals surface area contributed by atoms with Crippen LogP contribution in [0.1, 0.15) is 182 Å². The number of benzene rings is 6. The fourth-order valence-electron chi connectivity index (χ4n) is 16.3. The zero-order valence-corrected chi connectivity index (χ0v) is 78.1. The van der Waals surface area contributed by atoms with Crippen LogP contribution in [0.15, 0.2) is 201 Å². The molecule has 141 heavy (non-hydrogen) atoms. The van der Waals surface area contributed by atoms with E-state index >= 15 is 13.2 Å². The van der Waals surface area contributed by atoms with Crippen LogP contribution in [0.3, 0.4) is 0 Å². The topological polar surface area (TPSA) is 314 Å². The molecule has 5 aliphatic carbocycles. The molecular formula is C99H104F15N23O3S. The van der Waals surface area contributed by atoms with Gasteiger partial charge in [0.2, 0.25) is 33.4 Å². The number of aromatic nitrogens is 14. The van der Waals surface area contributed by atoms with Crippen molar-refractivity contribution in [2.24, 2.45) is 11.7 Å². The highest BCUT2D eigenvalue weighted by Gasteiger charge is 2.41. The minimum Gasteiger partial charge on any atom is -0.369 e. The van der Waals surface area contributed by atoms with Crippen molar-refractivity contribution in [2.75, 3.05) is 47.8 Å². The van der Waals surface area contributed by atoms with Gasteiger partial charge in [-0.05, 0) is 164 Å². The number of sulfonamides is 1. The first kappa shape index (κ1) is 102. The number of rotatable bonds is 37. The van der Waals surface area contributed by atoms with Crippen molar-refractivity contribution in [3.8, 4) is 0 Å². The number of amides is 1. The van der Waals surface area contributed by atoms with Gasteiger partial charge in [-0.2, -0.15) is 44.7 Å². The first-order valence-corrected chi connectivity index (χ1v) is 47.6. The number of H-pyrrole nitrogens is 1. The normalized spacial score (nSPS) is 15.6. The summed E-state index contributed by atoms with van der Waals surface area (Å²) < 4.78 is 231. The van der Waals surface area contributed by atoms with Crippen LogP contribution in [0.4, 0.5) is 107 Å². The van der Waals surface area contributed by atoms with E-state index in [9.17, 15) is 65.9 Å². The summed E-state index contributed by atoms with van der Waals surface area (Å²) in [4.78, 5) is 56.9. The first-order chi connectivity index (χ1) is 67.1. The van der Waals surface area contributed by atoms with Crippen molar-refractivity contribution in [3.05, 3.63) is 303 Å². The number of nitrogens with zero attached hydrogens (tertiary/aromatic N) is 17. The van der Waals surface area contributed by atoms with Gasteiger partial charge in [-0.1, -0.05) is 145 Å². The number of pyridine rings is 1. The number of anilines is 7. The average molecular weight is 1980 g/mol. The number of hydrogen-bond acceptors (Lipinski definition) is 22. The van der Waals surface area contributed by atoms with Crippen LogP contribution in [0.2, 0.25) is 0 Å². The number of nitrogens with two attached hydrogens (primary N) is 1. The zero-order chi connectivity index (χ0) is 100. The molecule has 26 nitrogen and oxygen atoms in total. The van der Waals surface area contributed by atoms with Crippen molar-refractivity contribution in [2.45, 2.75) is 224 Å². The van der Waals surface area contributed by atoms with E-state index in [1.165, 1.54) is 73.8 Å². The molecule has 18 rings (SSSR count). The van der Waals surface area contributed by atoms with Crippen molar-refractivity contribution >= 4 is 67.7 Å². The third-order valence-electron chi connectivity index (χ3n) is 24.5. The molecule has 744 valence electrons. The van der Waals surface area contributed by atoms with Crippen molar-refractivity contribution in [1.29, 1.82) is 0 Å². The number of aromatic amines is 1. The molecule has 0 bridgehead atoms. The Labute approximate surface area is 803 Å². The van der Waals surface area contributed by atoms with Gasteiger partial charge < -0.3 is 45.9 Å². The van der Waals surface area contributed by atoms with Gasteiger partial charge in [0.1, 0.15) is 36.8 Å². The Morgan fingerprint density at radius 2 is 0.823 bits per heavy atom. The number of aryl methyl sites for hydroxylation is 1. The number of halogens is 15. The van der Waals surface area contributed by atoms with E-state index in [4.69, 9.17) is 5.73 Å². The number of nitrogens with one attached hydrogen (secondary N) is 5. The summed E-state index contributed by atoms with van der Waals surface area (Å²) in [6.45, 7) is 7.71. The lowest BCUT2D eigenvalue weighted by Crippen LogP contribution is -2.42. The second-order valence-electron chi connectivity index (χ2n) is 36.2. The maximum Gasteiger partial charge on any atom is 0.416 e. The van der Waals surface area contributed by atoms with E-state index in [0.717, 1.165) is 157 Å². The highest BCUT2D eigenvalue weighted by molar-refractivity contribution is 7.89. The number of tetrazole rings is 1. The molecule has 13 aromatic rings. The summed E-state index contributed by atoms with van der Waals surface area (Å²) in [5.74, 6) is -10.5. The Kier molecular flexibility index (Phi) is 31.8. The minimum atomic E-state index is -4.81. The monoisotopic (exact) mass is 1980 g/mol. The Balaban J connectivity index is 0.000000142. The van der Waals surface area contributed by atoms with Gasteiger partial charge in [-0.3, -0.25) is 9.78 Å². The maximum absolute atomic E-state index is 15.5. The molecule has 7 heterocycles. The van der Waals surface area contributed by atoms with Crippen LogP contribution in [-0.4, -0.2) is 133 Å². The summed E-state index contributed by atoms with van der Waals surface area (Å²) in [5.41, 5.74) is 14.1. The molecule has 5 saturated carbocycles. The summed E-state index contributed by atoms with van der Waals surface area (Å²) in [5, 5.41) is 23.9. The van der Waals surface area contributed by atoms with Gasteiger partial charge in [0.05, 0.1) is 17.4 Å². The van der Waals surface area contributed by atoms with Crippen LogP contribution < -0.4 is 46.0 Å². The van der Waals surface area contributed by atoms with E-state index in [-0.39, 0.29) is 88.0 Å². The molecule has 0 unspecified atom stereocenters. The number of fused-ring (bicyclic) bond motifs is 1.